The number of H-pyrrole nitrogens is 1. The van der Waals surface area contributed by atoms with Gasteiger partial charge in [-0.2, -0.15) is 0 Å². The molecule has 0 aliphatic carbocycles. The van der Waals surface area contributed by atoms with Gasteiger partial charge in [-0.05, 0) is 12.8 Å². The third-order valence-electron chi connectivity index (χ3n) is 3.39. The van der Waals surface area contributed by atoms with E-state index in [4.69, 9.17) is 30.9 Å². The largest absolute Gasteiger partial charge is 0.476 e. The standard InChI is InChI=1S/C12H13B2N3O6/c13-12(14,23-9(19)3-15)7-1-2-8(22-7)17-4-6(5-18)10(20)16-11(17)21/h4-5,7-8H,1-3,15H2,(H,16,20,21). The summed E-state index contributed by atoms with van der Waals surface area (Å²) in [7, 11) is 11.4. The molecule has 1 saturated heterocycles. The lowest BCUT2D eigenvalue weighted by molar-refractivity contribution is -0.154. The number of aldehydes is 1. The molecule has 1 aliphatic heterocycles. The van der Waals surface area contributed by atoms with Crippen LogP contribution in [0.2, 0.25) is 0 Å². The van der Waals surface area contributed by atoms with Crippen molar-refractivity contribution in [2.75, 3.05) is 6.54 Å². The van der Waals surface area contributed by atoms with Crippen LogP contribution in [0.4, 0.5) is 0 Å². The number of hydrogen-bond acceptors (Lipinski definition) is 7. The molecular formula is C12H13B2N3O6. The van der Waals surface area contributed by atoms with Crippen LogP contribution >= 0.6 is 0 Å². The highest BCUT2D eigenvalue weighted by Crippen LogP contribution is 2.32. The highest BCUT2D eigenvalue weighted by Gasteiger charge is 2.39. The molecule has 0 bridgehead atoms. The van der Waals surface area contributed by atoms with Crippen LogP contribution in [0, 0.1) is 0 Å². The maximum Gasteiger partial charge on any atom is 0.330 e. The van der Waals surface area contributed by atoms with Crippen LogP contribution < -0.4 is 17.0 Å². The number of esters is 1. The zero-order valence-electron chi connectivity index (χ0n) is 12.1. The molecule has 4 radical (unpaired) electrons. The highest BCUT2D eigenvalue weighted by molar-refractivity contribution is 6.40. The molecule has 23 heavy (non-hydrogen) atoms. The van der Waals surface area contributed by atoms with E-state index in [1.807, 2.05) is 4.98 Å². The monoisotopic (exact) mass is 317 g/mol. The van der Waals surface area contributed by atoms with Crippen LogP contribution in [-0.2, 0) is 14.3 Å². The molecule has 3 N–H and O–H groups in total. The fourth-order valence-corrected chi connectivity index (χ4v) is 2.26. The van der Waals surface area contributed by atoms with Gasteiger partial charge < -0.3 is 15.2 Å². The van der Waals surface area contributed by atoms with Crippen molar-refractivity contribution in [3.63, 3.8) is 0 Å². The van der Waals surface area contributed by atoms with Crippen LogP contribution in [0.1, 0.15) is 29.4 Å². The lowest BCUT2D eigenvalue weighted by atomic mass is 9.61. The van der Waals surface area contributed by atoms with Gasteiger partial charge in [0.15, 0.2) is 6.29 Å². The fraction of sp³-hybridized carbons (Fsp3) is 0.500. The highest BCUT2D eigenvalue weighted by atomic mass is 16.6. The zero-order valence-corrected chi connectivity index (χ0v) is 12.1. The van der Waals surface area contributed by atoms with Crippen molar-refractivity contribution in [2.24, 2.45) is 5.73 Å². The second-order valence-electron chi connectivity index (χ2n) is 5.06. The average molecular weight is 317 g/mol. The Bertz CT molecular complexity index is 728. The molecule has 1 fully saturated rings. The summed E-state index contributed by atoms with van der Waals surface area (Å²) >= 11 is 0. The van der Waals surface area contributed by atoms with Gasteiger partial charge in [0.1, 0.15) is 21.9 Å². The average Bonchev–Trinajstić information content (AvgIpc) is 2.97. The number of nitrogens with two attached hydrogens (primary N) is 1. The molecule has 2 unspecified atom stereocenters. The molecule has 1 aromatic heterocycles. The Morgan fingerprint density at radius 3 is 2.83 bits per heavy atom. The molecule has 0 spiro atoms. The van der Waals surface area contributed by atoms with Crippen molar-refractivity contribution in [2.45, 2.75) is 30.6 Å². The molecule has 0 amide bonds. The lowest BCUT2D eigenvalue weighted by Gasteiger charge is -2.32. The number of nitrogens with one attached hydrogen (secondary N) is 1. The molecule has 11 heteroatoms. The molecule has 2 atom stereocenters. The van der Waals surface area contributed by atoms with Gasteiger partial charge in [0.2, 0.25) is 0 Å². The smallest absolute Gasteiger partial charge is 0.330 e. The summed E-state index contributed by atoms with van der Waals surface area (Å²) in [4.78, 5) is 47.2. The first kappa shape index (κ1) is 17.2. The number of nitrogens with zero attached hydrogens (tertiary/aromatic N) is 1. The van der Waals surface area contributed by atoms with E-state index in [9.17, 15) is 19.2 Å². The van der Waals surface area contributed by atoms with E-state index in [2.05, 4.69) is 0 Å². The Kier molecular flexibility index (Phi) is 4.90. The number of carbonyl (C=O) groups excluding carboxylic acids is 2. The lowest BCUT2D eigenvalue weighted by Crippen LogP contribution is -2.48. The summed E-state index contributed by atoms with van der Waals surface area (Å²) in [5.41, 5.74) is 3.36. The SMILES string of the molecule is [B]C([B])(OC(=O)CN)C1CCC(n2cc(C=O)c(=O)[nH]c2=O)O1. The quantitative estimate of drug-likeness (QED) is 0.349. The summed E-state index contributed by atoms with van der Waals surface area (Å²) in [6, 6.07) is 0. The summed E-state index contributed by atoms with van der Waals surface area (Å²) in [5.74, 6) is -0.800. The van der Waals surface area contributed by atoms with E-state index in [0.717, 1.165) is 10.8 Å². The fourth-order valence-electron chi connectivity index (χ4n) is 2.26. The van der Waals surface area contributed by atoms with Crippen molar-refractivity contribution in [1.29, 1.82) is 0 Å². The zero-order chi connectivity index (χ0) is 17.2. The topological polar surface area (TPSA) is 133 Å². The van der Waals surface area contributed by atoms with Crippen LogP contribution in [0.3, 0.4) is 0 Å². The number of aromatic amines is 1. The number of hydrogen-bond donors (Lipinski definition) is 2. The maximum atomic E-state index is 11.8. The molecule has 118 valence electrons. The Hall–Kier alpha value is -2.13. The van der Waals surface area contributed by atoms with Crippen LogP contribution in [0.25, 0.3) is 0 Å². The Morgan fingerprint density at radius 1 is 1.52 bits per heavy atom. The number of rotatable bonds is 5. The third kappa shape index (κ3) is 3.62. The van der Waals surface area contributed by atoms with E-state index in [-0.39, 0.29) is 12.0 Å². The molecular weight excluding hydrogens is 304 g/mol. The Labute approximate surface area is 133 Å². The summed E-state index contributed by atoms with van der Waals surface area (Å²) in [6.07, 6.45) is 0.304. The predicted molar refractivity (Wildman–Crippen MR) is 79.2 cm³/mol. The molecule has 1 aromatic rings. The van der Waals surface area contributed by atoms with E-state index in [1.54, 1.807) is 0 Å². The maximum absolute atomic E-state index is 11.8. The van der Waals surface area contributed by atoms with Gasteiger partial charge in [0.25, 0.3) is 5.56 Å². The van der Waals surface area contributed by atoms with Gasteiger partial charge in [-0.1, -0.05) is 0 Å². The van der Waals surface area contributed by atoms with Crippen molar-refractivity contribution in [1.82, 2.24) is 9.55 Å². The van der Waals surface area contributed by atoms with Gasteiger partial charge >= 0.3 is 11.7 Å². The Morgan fingerprint density at radius 2 is 2.22 bits per heavy atom. The first-order valence-corrected chi connectivity index (χ1v) is 6.74. The second kappa shape index (κ2) is 6.55. The van der Waals surface area contributed by atoms with E-state index in [0.29, 0.717) is 12.7 Å². The van der Waals surface area contributed by atoms with Crippen molar-refractivity contribution in [3.8, 4) is 0 Å². The summed E-state index contributed by atoms with van der Waals surface area (Å²) in [6.45, 7) is -0.394. The summed E-state index contributed by atoms with van der Waals surface area (Å²) < 4.78 is 11.4. The number of carbonyl (C=O) groups is 2. The molecule has 2 rings (SSSR count). The van der Waals surface area contributed by atoms with Gasteiger partial charge in [0.05, 0.1) is 23.6 Å². The number of aromatic nitrogens is 2. The van der Waals surface area contributed by atoms with Gasteiger partial charge in [-0.3, -0.25) is 23.9 Å². The first-order chi connectivity index (χ1) is 10.8. The minimum Gasteiger partial charge on any atom is -0.476 e. The van der Waals surface area contributed by atoms with Crippen molar-refractivity contribution in [3.05, 3.63) is 32.6 Å². The van der Waals surface area contributed by atoms with Crippen LogP contribution in [-0.4, -0.2) is 55.5 Å². The second-order valence-corrected chi connectivity index (χ2v) is 5.06. The molecule has 0 saturated carbocycles. The van der Waals surface area contributed by atoms with Gasteiger partial charge in [0, 0.05) is 6.20 Å². The van der Waals surface area contributed by atoms with Crippen LogP contribution in [0.15, 0.2) is 15.8 Å². The number of ether oxygens (including phenoxy) is 2. The van der Waals surface area contributed by atoms with Gasteiger partial charge in [-0.25, -0.2) is 4.79 Å². The van der Waals surface area contributed by atoms with Crippen molar-refractivity contribution >= 4 is 27.9 Å². The molecule has 2 heterocycles. The van der Waals surface area contributed by atoms with Gasteiger partial charge in [-0.15, -0.1) is 0 Å². The van der Waals surface area contributed by atoms with E-state index < -0.39 is 41.5 Å². The third-order valence-corrected chi connectivity index (χ3v) is 3.39. The van der Waals surface area contributed by atoms with E-state index in [1.165, 1.54) is 0 Å². The van der Waals surface area contributed by atoms with Crippen LogP contribution in [0.5, 0.6) is 0 Å². The Balaban J connectivity index is 2.20. The minimum absolute atomic E-state index is 0.224. The molecule has 9 nitrogen and oxygen atoms in total. The molecule has 1 aliphatic rings. The normalized spacial score (nSPS) is 21.1. The minimum atomic E-state index is -1.91. The molecule has 0 aromatic carbocycles. The first-order valence-electron chi connectivity index (χ1n) is 6.74. The van der Waals surface area contributed by atoms with E-state index >= 15 is 0 Å². The predicted octanol–water partition coefficient (Wildman–Crippen LogP) is -2.48. The summed E-state index contributed by atoms with van der Waals surface area (Å²) in [5, 5.41) is -1.91. The van der Waals surface area contributed by atoms with Crippen molar-refractivity contribution < 1.29 is 19.1 Å².